The quantitative estimate of drug-likeness (QED) is 0.775. The molecule has 2 saturated carbocycles. The Balaban J connectivity index is 1.47. The number of rotatable bonds is 3. The van der Waals surface area contributed by atoms with Crippen LogP contribution >= 0.6 is 0 Å². The Morgan fingerprint density at radius 1 is 1.06 bits per heavy atom. The number of piperidine rings is 1. The molecule has 1 heterocycles. The smallest absolute Gasteiger partial charge is 0.00923 e. The third-order valence-electron chi connectivity index (χ3n) is 5.91. The van der Waals surface area contributed by atoms with Gasteiger partial charge in [-0.2, -0.15) is 0 Å². The van der Waals surface area contributed by atoms with Crippen LogP contribution in [0.2, 0.25) is 0 Å². The van der Waals surface area contributed by atoms with E-state index in [1.165, 1.54) is 77.4 Å². The number of hydrogen-bond acceptors (Lipinski definition) is 2. The summed E-state index contributed by atoms with van der Waals surface area (Å²) in [5.41, 5.74) is 0.768. The summed E-state index contributed by atoms with van der Waals surface area (Å²) in [6.07, 6.45) is 13.2. The second kappa shape index (κ2) is 5.50. The molecule has 2 aliphatic carbocycles. The summed E-state index contributed by atoms with van der Waals surface area (Å²) in [6, 6.07) is 0.895. The van der Waals surface area contributed by atoms with Crippen molar-refractivity contribution in [3.8, 4) is 0 Å². The molecule has 18 heavy (non-hydrogen) atoms. The first-order valence-corrected chi connectivity index (χ1v) is 8.21. The van der Waals surface area contributed by atoms with Crippen molar-refractivity contribution in [1.82, 2.24) is 10.2 Å². The molecule has 1 aliphatic heterocycles. The fourth-order valence-corrected chi connectivity index (χ4v) is 4.42. The van der Waals surface area contributed by atoms with E-state index in [9.17, 15) is 0 Å². The monoisotopic (exact) mass is 250 g/mol. The summed E-state index contributed by atoms with van der Waals surface area (Å²) in [6.45, 7) is 3.91. The number of nitrogens with zero attached hydrogens (tertiary/aromatic N) is 1. The highest BCUT2D eigenvalue weighted by Gasteiger charge is 2.53. The Bertz CT molecular complexity index is 262. The van der Waals surface area contributed by atoms with Gasteiger partial charge in [-0.05, 0) is 63.6 Å². The van der Waals surface area contributed by atoms with E-state index in [-0.39, 0.29) is 0 Å². The fourth-order valence-electron chi connectivity index (χ4n) is 4.42. The Kier molecular flexibility index (Phi) is 3.95. The SMILES string of the molecule is CN(CC1CC12CCNCC2)C1CCCCCC1. The van der Waals surface area contributed by atoms with Crippen molar-refractivity contribution in [1.29, 1.82) is 0 Å². The lowest BCUT2D eigenvalue weighted by Crippen LogP contribution is -2.35. The Labute approximate surface area is 113 Å². The third kappa shape index (κ3) is 2.75. The first-order chi connectivity index (χ1) is 8.80. The summed E-state index contributed by atoms with van der Waals surface area (Å²) in [4.78, 5) is 2.72. The third-order valence-corrected chi connectivity index (χ3v) is 5.91. The van der Waals surface area contributed by atoms with Gasteiger partial charge in [0.25, 0.3) is 0 Å². The van der Waals surface area contributed by atoms with E-state index >= 15 is 0 Å². The van der Waals surface area contributed by atoms with Crippen LogP contribution < -0.4 is 5.32 Å². The molecule has 2 nitrogen and oxygen atoms in total. The van der Waals surface area contributed by atoms with Crippen molar-refractivity contribution >= 4 is 0 Å². The highest BCUT2D eigenvalue weighted by atomic mass is 15.1. The minimum Gasteiger partial charge on any atom is -0.317 e. The van der Waals surface area contributed by atoms with Gasteiger partial charge in [0.1, 0.15) is 0 Å². The zero-order valence-electron chi connectivity index (χ0n) is 12.1. The molecule has 0 radical (unpaired) electrons. The maximum atomic E-state index is 3.51. The Hall–Kier alpha value is -0.0800. The van der Waals surface area contributed by atoms with E-state index in [1.807, 2.05) is 0 Å². The molecule has 1 spiro atoms. The van der Waals surface area contributed by atoms with Crippen molar-refractivity contribution in [2.45, 2.75) is 63.8 Å². The highest BCUT2D eigenvalue weighted by molar-refractivity contribution is 5.05. The van der Waals surface area contributed by atoms with Crippen LogP contribution in [0.3, 0.4) is 0 Å². The maximum Gasteiger partial charge on any atom is 0.00923 e. The molecule has 3 fully saturated rings. The normalized spacial score (nSPS) is 32.7. The van der Waals surface area contributed by atoms with Crippen molar-refractivity contribution in [2.24, 2.45) is 11.3 Å². The molecular formula is C16H30N2. The summed E-state index contributed by atoms with van der Waals surface area (Å²) < 4.78 is 0. The van der Waals surface area contributed by atoms with Crippen LogP contribution in [0, 0.1) is 11.3 Å². The lowest BCUT2D eigenvalue weighted by Gasteiger charge is -2.29. The van der Waals surface area contributed by atoms with Crippen LogP contribution in [0.25, 0.3) is 0 Å². The van der Waals surface area contributed by atoms with Crippen molar-refractivity contribution in [2.75, 3.05) is 26.7 Å². The van der Waals surface area contributed by atoms with Crippen molar-refractivity contribution in [3.05, 3.63) is 0 Å². The molecule has 0 aromatic rings. The topological polar surface area (TPSA) is 15.3 Å². The van der Waals surface area contributed by atoms with E-state index in [2.05, 4.69) is 17.3 Å². The van der Waals surface area contributed by atoms with E-state index in [0.29, 0.717) is 0 Å². The zero-order valence-corrected chi connectivity index (χ0v) is 12.1. The summed E-state index contributed by atoms with van der Waals surface area (Å²) in [5.74, 6) is 1.02. The van der Waals surface area contributed by atoms with Gasteiger partial charge in [-0.15, -0.1) is 0 Å². The average Bonchev–Trinajstić information content (AvgIpc) is 3.10. The first-order valence-electron chi connectivity index (χ1n) is 8.21. The van der Waals surface area contributed by atoms with Gasteiger partial charge in [-0.1, -0.05) is 25.7 Å². The first kappa shape index (κ1) is 12.9. The summed E-state index contributed by atoms with van der Waals surface area (Å²) >= 11 is 0. The van der Waals surface area contributed by atoms with Crippen LogP contribution in [0.5, 0.6) is 0 Å². The van der Waals surface area contributed by atoms with Crippen LogP contribution in [0.4, 0.5) is 0 Å². The molecule has 1 unspecified atom stereocenters. The molecule has 0 aromatic heterocycles. The van der Waals surface area contributed by atoms with Gasteiger partial charge in [0.2, 0.25) is 0 Å². The predicted octanol–water partition coefficient (Wildman–Crippen LogP) is 3.03. The molecule has 0 amide bonds. The van der Waals surface area contributed by atoms with Crippen LogP contribution in [0.15, 0.2) is 0 Å². The fraction of sp³-hybridized carbons (Fsp3) is 1.00. The van der Waals surface area contributed by atoms with Crippen molar-refractivity contribution in [3.63, 3.8) is 0 Å². The van der Waals surface area contributed by atoms with Gasteiger partial charge in [0, 0.05) is 12.6 Å². The number of nitrogens with one attached hydrogen (secondary N) is 1. The van der Waals surface area contributed by atoms with Gasteiger partial charge in [0.05, 0.1) is 0 Å². The molecule has 3 aliphatic rings. The second-order valence-corrected chi connectivity index (χ2v) is 7.10. The molecule has 1 saturated heterocycles. The largest absolute Gasteiger partial charge is 0.317 e. The van der Waals surface area contributed by atoms with E-state index < -0.39 is 0 Å². The van der Waals surface area contributed by atoms with Gasteiger partial charge >= 0.3 is 0 Å². The molecule has 0 aromatic carbocycles. The zero-order chi connectivity index (χ0) is 12.4. The molecule has 0 bridgehead atoms. The van der Waals surface area contributed by atoms with Crippen molar-refractivity contribution < 1.29 is 0 Å². The summed E-state index contributed by atoms with van der Waals surface area (Å²) in [7, 11) is 2.39. The van der Waals surface area contributed by atoms with E-state index in [0.717, 1.165) is 17.4 Å². The van der Waals surface area contributed by atoms with E-state index in [4.69, 9.17) is 0 Å². The average molecular weight is 250 g/mol. The summed E-state index contributed by atoms with van der Waals surface area (Å²) in [5, 5.41) is 3.51. The second-order valence-electron chi connectivity index (χ2n) is 7.10. The highest BCUT2D eigenvalue weighted by Crippen LogP contribution is 2.58. The Morgan fingerprint density at radius 3 is 2.39 bits per heavy atom. The molecular weight excluding hydrogens is 220 g/mol. The van der Waals surface area contributed by atoms with Gasteiger partial charge in [0.15, 0.2) is 0 Å². The molecule has 2 heteroatoms. The minimum absolute atomic E-state index is 0.768. The maximum absolute atomic E-state index is 3.51. The van der Waals surface area contributed by atoms with Crippen LogP contribution in [-0.4, -0.2) is 37.6 Å². The minimum atomic E-state index is 0.768. The van der Waals surface area contributed by atoms with Gasteiger partial charge < -0.3 is 10.2 Å². The van der Waals surface area contributed by atoms with E-state index in [1.54, 1.807) is 0 Å². The standard InChI is InChI=1S/C16H30N2/c1-18(15-6-4-2-3-5-7-15)13-14-12-16(14)8-10-17-11-9-16/h14-15,17H,2-13H2,1H3. The lowest BCUT2D eigenvalue weighted by atomic mass is 9.91. The molecule has 1 atom stereocenters. The Morgan fingerprint density at radius 2 is 1.72 bits per heavy atom. The predicted molar refractivity (Wildman–Crippen MR) is 76.8 cm³/mol. The van der Waals surface area contributed by atoms with Gasteiger partial charge in [-0.3, -0.25) is 0 Å². The van der Waals surface area contributed by atoms with Gasteiger partial charge in [-0.25, -0.2) is 0 Å². The van der Waals surface area contributed by atoms with Crippen LogP contribution in [0.1, 0.15) is 57.8 Å². The molecule has 1 N–H and O–H groups in total. The molecule has 3 rings (SSSR count). The number of hydrogen-bond donors (Lipinski definition) is 1. The lowest BCUT2D eigenvalue weighted by molar-refractivity contribution is 0.193. The van der Waals surface area contributed by atoms with Crippen LogP contribution in [-0.2, 0) is 0 Å². The molecule has 104 valence electrons.